The number of carboxylic acids is 1. The molecule has 176 valence electrons. The second-order valence-corrected chi connectivity index (χ2v) is 9.30. The predicted molar refractivity (Wildman–Crippen MR) is 123 cm³/mol. The molecular weight excluding hydrogens is 406 g/mol. The van der Waals surface area contributed by atoms with E-state index in [0.29, 0.717) is 31.0 Å². The van der Waals surface area contributed by atoms with Crippen LogP contribution in [0.1, 0.15) is 66.9 Å². The van der Waals surface area contributed by atoms with Gasteiger partial charge in [0.15, 0.2) is 0 Å². The van der Waals surface area contributed by atoms with Crippen molar-refractivity contribution in [1.82, 2.24) is 15.1 Å². The summed E-state index contributed by atoms with van der Waals surface area (Å²) in [5.74, 6) is -1.00. The highest BCUT2D eigenvalue weighted by atomic mass is 16.4. The summed E-state index contributed by atoms with van der Waals surface area (Å²) in [5, 5.41) is 12.7. The molecule has 1 atom stereocenters. The van der Waals surface area contributed by atoms with Crippen LogP contribution in [0.2, 0.25) is 0 Å². The van der Waals surface area contributed by atoms with E-state index >= 15 is 0 Å². The summed E-state index contributed by atoms with van der Waals surface area (Å²) in [6.45, 7) is 6.02. The van der Waals surface area contributed by atoms with Crippen LogP contribution in [0.4, 0.5) is 0 Å². The fourth-order valence-corrected chi connectivity index (χ4v) is 4.77. The molecule has 0 bridgehead atoms. The Kier molecular flexibility index (Phi) is 8.67. The van der Waals surface area contributed by atoms with E-state index in [1.807, 2.05) is 25.2 Å². The van der Waals surface area contributed by atoms with Crippen molar-refractivity contribution in [3.05, 3.63) is 34.9 Å². The van der Waals surface area contributed by atoms with Crippen LogP contribution in [0.15, 0.2) is 18.2 Å². The van der Waals surface area contributed by atoms with Gasteiger partial charge in [0.2, 0.25) is 5.91 Å². The number of nitrogens with zero attached hydrogens (tertiary/aromatic N) is 2. The first-order valence-electron chi connectivity index (χ1n) is 12.0. The zero-order chi connectivity index (χ0) is 23.1. The van der Waals surface area contributed by atoms with E-state index in [-0.39, 0.29) is 18.2 Å². The molecule has 0 aliphatic carbocycles. The maximum absolute atomic E-state index is 13.1. The van der Waals surface area contributed by atoms with Crippen LogP contribution in [0, 0.1) is 11.8 Å². The molecule has 2 N–H and O–H groups in total. The van der Waals surface area contributed by atoms with Crippen LogP contribution in [0.25, 0.3) is 0 Å². The summed E-state index contributed by atoms with van der Waals surface area (Å²) < 4.78 is 0. The van der Waals surface area contributed by atoms with E-state index in [9.17, 15) is 19.5 Å². The molecule has 32 heavy (non-hydrogen) atoms. The van der Waals surface area contributed by atoms with Crippen LogP contribution in [-0.4, -0.2) is 65.9 Å². The second-order valence-electron chi connectivity index (χ2n) is 9.30. The average Bonchev–Trinajstić information content (AvgIpc) is 2.91. The van der Waals surface area contributed by atoms with Gasteiger partial charge < -0.3 is 20.2 Å². The number of unbranched alkanes of at least 4 members (excludes halogenated alkanes) is 1. The molecular formula is C25H37N3O4. The second kappa shape index (κ2) is 11.5. The fourth-order valence-electron chi connectivity index (χ4n) is 4.77. The number of carboxylic acid groups (broad SMARTS) is 1. The van der Waals surface area contributed by atoms with Crippen LogP contribution in [0.3, 0.4) is 0 Å². The number of amides is 2. The van der Waals surface area contributed by atoms with E-state index in [4.69, 9.17) is 0 Å². The number of carbonyl (C=O) groups excluding carboxylic acids is 2. The zero-order valence-corrected chi connectivity index (χ0v) is 19.4. The lowest BCUT2D eigenvalue weighted by molar-refractivity contribution is -0.144. The summed E-state index contributed by atoms with van der Waals surface area (Å²) in [6.07, 6.45) is 5.37. The molecule has 2 heterocycles. The number of nitrogens with one attached hydrogen (secondary N) is 1. The van der Waals surface area contributed by atoms with E-state index in [2.05, 4.69) is 12.2 Å². The normalized spacial score (nSPS) is 19.4. The Morgan fingerprint density at radius 1 is 1.22 bits per heavy atom. The molecule has 1 fully saturated rings. The number of hydrogen-bond donors (Lipinski definition) is 2. The largest absolute Gasteiger partial charge is 0.481 e. The molecule has 1 aromatic rings. The third-order valence-corrected chi connectivity index (χ3v) is 6.82. The number of aliphatic carboxylic acids is 1. The van der Waals surface area contributed by atoms with Gasteiger partial charge in [-0.1, -0.05) is 19.4 Å². The summed E-state index contributed by atoms with van der Waals surface area (Å²) in [5.41, 5.74) is 2.54. The Morgan fingerprint density at radius 3 is 2.66 bits per heavy atom. The molecule has 2 amide bonds. The topological polar surface area (TPSA) is 90.0 Å². The Morgan fingerprint density at radius 2 is 1.97 bits per heavy atom. The predicted octanol–water partition coefficient (Wildman–Crippen LogP) is 2.92. The molecule has 7 nitrogen and oxygen atoms in total. The molecule has 1 saturated heterocycles. The molecule has 3 rings (SSSR count). The molecule has 0 unspecified atom stereocenters. The minimum absolute atomic E-state index is 0.0186. The Labute approximate surface area is 191 Å². The Hall–Kier alpha value is -2.41. The van der Waals surface area contributed by atoms with Crippen molar-refractivity contribution in [2.45, 2.75) is 58.4 Å². The standard InChI is InChI=1S/C25H37N3O4/c1-3-4-12-28-17-20-6-5-19(14-21(20)15-22(25(28)32)16-23(29)30)24(31)27(2)13-9-18-7-10-26-11-8-18/h5-6,14,18,22,26H,3-4,7-13,15-17H2,1-2H3,(H,29,30)/t22-/m1/s1. The Bertz CT molecular complexity index is 819. The first kappa shape index (κ1) is 24.2. The van der Waals surface area contributed by atoms with Crippen molar-refractivity contribution < 1.29 is 19.5 Å². The van der Waals surface area contributed by atoms with Crippen LogP contribution < -0.4 is 5.32 Å². The highest BCUT2D eigenvalue weighted by Crippen LogP contribution is 2.27. The highest BCUT2D eigenvalue weighted by Gasteiger charge is 2.31. The first-order valence-corrected chi connectivity index (χ1v) is 12.0. The molecule has 2 aliphatic heterocycles. The maximum atomic E-state index is 13.1. The SMILES string of the molecule is CCCCN1Cc2ccc(C(=O)N(C)CCC3CCNCC3)cc2C[C@H](CC(=O)O)C1=O. The van der Waals surface area contributed by atoms with E-state index in [1.54, 1.807) is 9.80 Å². The third kappa shape index (κ3) is 6.31. The van der Waals surface area contributed by atoms with Gasteiger partial charge >= 0.3 is 5.97 Å². The average molecular weight is 444 g/mol. The van der Waals surface area contributed by atoms with Gasteiger partial charge in [-0.15, -0.1) is 0 Å². The number of carbonyl (C=O) groups is 3. The quantitative estimate of drug-likeness (QED) is 0.613. The smallest absolute Gasteiger partial charge is 0.304 e. The van der Waals surface area contributed by atoms with Crippen LogP contribution in [0.5, 0.6) is 0 Å². The number of benzene rings is 1. The lowest BCUT2D eigenvalue weighted by Crippen LogP contribution is -2.36. The summed E-state index contributed by atoms with van der Waals surface area (Å²) in [6, 6.07) is 5.67. The highest BCUT2D eigenvalue weighted by molar-refractivity contribution is 5.94. The van der Waals surface area contributed by atoms with Crippen LogP contribution in [-0.2, 0) is 22.6 Å². The lowest BCUT2D eigenvalue weighted by Gasteiger charge is -2.25. The van der Waals surface area contributed by atoms with Gasteiger partial charge in [-0.25, -0.2) is 0 Å². The molecule has 2 aliphatic rings. The first-order chi connectivity index (χ1) is 15.4. The lowest BCUT2D eigenvalue weighted by atomic mass is 9.92. The summed E-state index contributed by atoms with van der Waals surface area (Å²) >= 11 is 0. The minimum atomic E-state index is -0.966. The summed E-state index contributed by atoms with van der Waals surface area (Å²) in [4.78, 5) is 41.0. The monoisotopic (exact) mass is 443 g/mol. The van der Waals surface area contributed by atoms with Crippen molar-refractivity contribution in [3.63, 3.8) is 0 Å². The molecule has 0 saturated carbocycles. The molecule has 7 heteroatoms. The van der Waals surface area contributed by atoms with Gasteiger partial charge in [-0.2, -0.15) is 0 Å². The molecule has 0 spiro atoms. The van der Waals surface area contributed by atoms with Crippen LogP contribution >= 0.6 is 0 Å². The van der Waals surface area contributed by atoms with Crippen molar-refractivity contribution >= 4 is 17.8 Å². The third-order valence-electron chi connectivity index (χ3n) is 6.82. The fraction of sp³-hybridized carbons (Fsp3) is 0.640. The molecule has 1 aromatic carbocycles. The van der Waals surface area contributed by atoms with Gasteiger partial charge in [0.05, 0.1) is 12.3 Å². The van der Waals surface area contributed by atoms with Gasteiger partial charge in [0.1, 0.15) is 0 Å². The van der Waals surface area contributed by atoms with Gasteiger partial charge in [0.25, 0.3) is 5.91 Å². The van der Waals surface area contributed by atoms with Crippen molar-refractivity contribution in [3.8, 4) is 0 Å². The number of piperidine rings is 1. The van der Waals surface area contributed by atoms with E-state index in [0.717, 1.165) is 62.9 Å². The van der Waals surface area contributed by atoms with Gasteiger partial charge in [0, 0.05) is 32.2 Å². The van der Waals surface area contributed by atoms with Gasteiger partial charge in [-0.3, -0.25) is 14.4 Å². The molecule has 0 aromatic heterocycles. The minimum Gasteiger partial charge on any atom is -0.481 e. The zero-order valence-electron chi connectivity index (χ0n) is 19.4. The number of fused-ring (bicyclic) bond motifs is 1. The van der Waals surface area contributed by atoms with E-state index in [1.165, 1.54) is 0 Å². The Balaban J connectivity index is 1.73. The summed E-state index contributed by atoms with van der Waals surface area (Å²) in [7, 11) is 1.85. The van der Waals surface area contributed by atoms with Crippen molar-refractivity contribution in [2.24, 2.45) is 11.8 Å². The van der Waals surface area contributed by atoms with Crippen molar-refractivity contribution in [2.75, 3.05) is 33.2 Å². The number of hydrogen-bond acceptors (Lipinski definition) is 4. The van der Waals surface area contributed by atoms with Gasteiger partial charge in [-0.05, 0) is 74.4 Å². The van der Waals surface area contributed by atoms with Crippen molar-refractivity contribution in [1.29, 1.82) is 0 Å². The maximum Gasteiger partial charge on any atom is 0.304 e. The number of rotatable bonds is 9. The molecule has 0 radical (unpaired) electrons. The van der Waals surface area contributed by atoms with E-state index < -0.39 is 11.9 Å².